The van der Waals surface area contributed by atoms with Crippen LogP contribution in [0.15, 0.2) is 54.9 Å². The monoisotopic (exact) mass is 732 g/mol. The topological polar surface area (TPSA) is 132 Å². The van der Waals surface area contributed by atoms with Gasteiger partial charge in [0.2, 0.25) is 17.8 Å². The van der Waals surface area contributed by atoms with Gasteiger partial charge in [-0.15, -0.1) is 0 Å². The van der Waals surface area contributed by atoms with E-state index in [1.807, 2.05) is 18.3 Å². The number of rotatable bonds is 10. The van der Waals surface area contributed by atoms with Crippen molar-refractivity contribution in [2.75, 3.05) is 70.1 Å². The van der Waals surface area contributed by atoms with Crippen molar-refractivity contribution >= 4 is 46.2 Å². The molecular formula is C41H52N10O3. The number of nitrogens with zero attached hydrogens (tertiary/aromatic N) is 8. The normalized spacial score (nSPS) is 20.8. The lowest BCUT2D eigenvalue weighted by atomic mass is 9.90. The molecule has 1 saturated carbocycles. The van der Waals surface area contributed by atoms with Crippen LogP contribution in [0.25, 0.3) is 11.0 Å². The highest BCUT2D eigenvalue weighted by molar-refractivity contribution is 6.01. The molecule has 8 rings (SSSR count). The fourth-order valence-corrected chi connectivity index (χ4v) is 8.81. The van der Waals surface area contributed by atoms with Gasteiger partial charge < -0.3 is 24.6 Å². The molecule has 0 radical (unpaired) electrons. The summed E-state index contributed by atoms with van der Waals surface area (Å²) in [6.45, 7) is 7.45. The number of aromatic nitrogens is 4. The van der Waals surface area contributed by atoms with Gasteiger partial charge in [0.15, 0.2) is 0 Å². The Hall–Kier alpha value is -4.88. The molecule has 3 saturated heterocycles. The molecule has 6 heterocycles. The SMILES string of the molecule is CN(C)C(=O)c1cc2cnc(Nc3ccc(N4CCC(N5CCN(CCc6ccc(C7CCC(=O)NC7=O)cc6)CC5)CC4)cn3)nc2n1C1CCCC1. The van der Waals surface area contributed by atoms with Crippen LogP contribution in [0.3, 0.4) is 0 Å². The lowest BCUT2D eigenvalue weighted by Crippen LogP contribution is -2.53. The number of nitrogens with one attached hydrogen (secondary N) is 2. The maximum absolute atomic E-state index is 13.1. The van der Waals surface area contributed by atoms with Crippen molar-refractivity contribution in [3.63, 3.8) is 0 Å². The quantitative estimate of drug-likeness (QED) is 0.221. The number of anilines is 3. The van der Waals surface area contributed by atoms with Crippen LogP contribution in [-0.4, -0.2) is 118 Å². The van der Waals surface area contributed by atoms with Gasteiger partial charge in [0, 0.05) is 90.0 Å². The third kappa shape index (κ3) is 7.83. The van der Waals surface area contributed by atoms with Crippen molar-refractivity contribution < 1.29 is 14.4 Å². The van der Waals surface area contributed by atoms with Gasteiger partial charge in [-0.05, 0) is 67.9 Å². The average molecular weight is 733 g/mol. The predicted molar refractivity (Wildman–Crippen MR) is 209 cm³/mol. The van der Waals surface area contributed by atoms with E-state index in [2.05, 4.69) is 65.2 Å². The van der Waals surface area contributed by atoms with Crippen molar-refractivity contribution in [3.05, 3.63) is 71.7 Å². The number of fused-ring (bicyclic) bond motifs is 1. The zero-order valence-corrected chi connectivity index (χ0v) is 31.5. The van der Waals surface area contributed by atoms with Crippen molar-refractivity contribution in [1.29, 1.82) is 0 Å². The summed E-state index contributed by atoms with van der Waals surface area (Å²) >= 11 is 0. The Morgan fingerprint density at radius 1 is 0.870 bits per heavy atom. The van der Waals surface area contributed by atoms with Crippen LogP contribution in [0.4, 0.5) is 17.5 Å². The van der Waals surface area contributed by atoms with E-state index in [-0.39, 0.29) is 29.7 Å². The maximum Gasteiger partial charge on any atom is 0.270 e. The van der Waals surface area contributed by atoms with E-state index in [0.717, 1.165) is 113 Å². The number of carbonyl (C=O) groups excluding carboxylic acids is 3. The van der Waals surface area contributed by atoms with Crippen molar-refractivity contribution in [2.45, 2.75) is 75.8 Å². The van der Waals surface area contributed by atoms with E-state index in [1.54, 1.807) is 25.2 Å². The number of imide groups is 1. The van der Waals surface area contributed by atoms with Gasteiger partial charge in [-0.3, -0.25) is 24.6 Å². The molecule has 4 aromatic rings. The third-order valence-electron chi connectivity index (χ3n) is 12.0. The summed E-state index contributed by atoms with van der Waals surface area (Å²) < 4.78 is 2.13. The Morgan fingerprint density at radius 2 is 1.63 bits per heavy atom. The molecule has 1 atom stereocenters. The minimum atomic E-state index is -0.225. The van der Waals surface area contributed by atoms with E-state index in [0.29, 0.717) is 36.3 Å². The molecule has 1 aromatic carbocycles. The van der Waals surface area contributed by atoms with E-state index < -0.39 is 0 Å². The fraction of sp³-hybridized carbons (Fsp3) is 0.512. The Balaban J connectivity index is 0.799. The van der Waals surface area contributed by atoms with Crippen LogP contribution in [0.5, 0.6) is 0 Å². The first-order chi connectivity index (χ1) is 26.3. The summed E-state index contributed by atoms with van der Waals surface area (Å²) in [6, 6.07) is 15.3. The summed E-state index contributed by atoms with van der Waals surface area (Å²) in [6.07, 6.45) is 12.5. The number of pyridine rings is 1. The van der Waals surface area contributed by atoms with Gasteiger partial charge in [0.25, 0.3) is 5.91 Å². The highest BCUT2D eigenvalue weighted by atomic mass is 16.2. The van der Waals surface area contributed by atoms with Crippen molar-refractivity contribution in [2.24, 2.45) is 0 Å². The van der Waals surface area contributed by atoms with Crippen LogP contribution in [0, 0.1) is 0 Å². The summed E-state index contributed by atoms with van der Waals surface area (Å²) in [5, 5.41) is 6.64. The Morgan fingerprint density at radius 3 is 2.31 bits per heavy atom. The number of piperidine rings is 2. The molecule has 3 aliphatic heterocycles. The van der Waals surface area contributed by atoms with E-state index in [9.17, 15) is 14.4 Å². The number of amides is 3. The van der Waals surface area contributed by atoms with Gasteiger partial charge >= 0.3 is 0 Å². The standard InChI is InChI=1S/C41H52N10O3/c1-47(2)40(54)35-25-30-26-43-41(46-38(30)51(35)32-5-3-4-6-32)44-36-13-11-33(27-42-36)49-19-16-31(17-20-49)50-23-21-48(22-24-50)18-15-28-7-9-29(10-8-28)34-12-14-37(52)45-39(34)53/h7-11,13,25-27,31-32,34H,3-6,12,14-24H2,1-2H3,(H,45,52,53)(H,42,43,44,46). The highest BCUT2D eigenvalue weighted by Gasteiger charge is 2.30. The number of carbonyl (C=O) groups is 3. The number of hydrogen-bond donors (Lipinski definition) is 2. The van der Waals surface area contributed by atoms with Gasteiger partial charge in [-0.1, -0.05) is 37.1 Å². The molecule has 13 nitrogen and oxygen atoms in total. The molecule has 2 N–H and O–H groups in total. The average Bonchev–Trinajstić information content (AvgIpc) is 3.86. The van der Waals surface area contributed by atoms with Gasteiger partial charge in [-0.25, -0.2) is 9.97 Å². The lowest BCUT2D eigenvalue weighted by molar-refractivity contribution is -0.134. The molecule has 13 heteroatoms. The predicted octanol–water partition coefficient (Wildman–Crippen LogP) is 4.74. The third-order valence-corrected chi connectivity index (χ3v) is 12.0. The Labute approximate surface area is 317 Å². The number of benzene rings is 1. The lowest BCUT2D eigenvalue weighted by Gasteiger charge is -2.43. The van der Waals surface area contributed by atoms with Crippen LogP contribution in [-0.2, 0) is 16.0 Å². The molecule has 1 unspecified atom stereocenters. The molecule has 3 amide bonds. The minimum absolute atomic E-state index is 0.0144. The zero-order chi connectivity index (χ0) is 37.2. The maximum atomic E-state index is 13.1. The van der Waals surface area contributed by atoms with Crippen molar-refractivity contribution in [3.8, 4) is 0 Å². The second kappa shape index (κ2) is 15.8. The van der Waals surface area contributed by atoms with Gasteiger partial charge in [0.05, 0.1) is 17.8 Å². The second-order valence-corrected chi connectivity index (χ2v) is 15.6. The van der Waals surface area contributed by atoms with Crippen LogP contribution >= 0.6 is 0 Å². The van der Waals surface area contributed by atoms with Crippen LogP contribution in [0.2, 0.25) is 0 Å². The molecule has 3 aromatic heterocycles. The molecule has 0 spiro atoms. The first-order valence-electron chi connectivity index (χ1n) is 19.8. The van der Waals surface area contributed by atoms with E-state index in [4.69, 9.17) is 9.97 Å². The Kier molecular flexibility index (Phi) is 10.6. The number of piperazine rings is 1. The molecule has 1 aliphatic carbocycles. The summed E-state index contributed by atoms with van der Waals surface area (Å²) in [5.74, 6) is 0.583. The van der Waals surface area contributed by atoms with Gasteiger partial charge in [-0.2, -0.15) is 4.98 Å². The summed E-state index contributed by atoms with van der Waals surface area (Å²) in [4.78, 5) is 60.3. The Bertz CT molecular complexity index is 1960. The molecule has 4 aliphatic rings. The van der Waals surface area contributed by atoms with E-state index in [1.165, 1.54) is 5.56 Å². The first-order valence-corrected chi connectivity index (χ1v) is 19.8. The molecule has 284 valence electrons. The number of hydrogen-bond acceptors (Lipinski definition) is 10. The molecule has 0 bridgehead atoms. The molecular weight excluding hydrogens is 681 g/mol. The second-order valence-electron chi connectivity index (χ2n) is 15.6. The smallest absolute Gasteiger partial charge is 0.270 e. The van der Waals surface area contributed by atoms with Gasteiger partial charge in [0.1, 0.15) is 17.2 Å². The van der Waals surface area contributed by atoms with Crippen molar-refractivity contribution in [1.82, 2.24) is 39.5 Å². The zero-order valence-electron chi connectivity index (χ0n) is 31.5. The fourth-order valence-electron chi connectivity index (χ4n) is 8.81. The molecule has 4 fully saturated rings. The first kappa shape index (κ1) is 36.1. The van der Waals surface area contributed by atoms with E-state index >= 15 is 0 Å². The summed E-state index contributed by atoms with van der Waals surface area (Å²) in [5.41, 5.74) is 4.88. The minimum Gasteiger partial charge on any atom is -0.370 e. The highest BCUT2D eigenvalue weighted by Crippen LogP contribution is 2.35. The van der Waals surface area contributed by atoms with Crippen LogP contribution in [0.1, 0.15) is 84.9 Å². The molecule has 54 heavy (non-hydrogen) atoms. The van der Waals surface area contributed by atoms with Crippen LogP contribution < -0.4 is 15.5 Å². The largest absolute Gasteiger partial charge is 0.370 e. The summed E-state index contributed by atoms with van der Waals surface area (Å²) in [7, 11) is 3.58.